The molecule has 0 bridgehead atoms. The Kier molecular flexibility index (Phi) is 4.32. The van der Waals surface area contributed by atoms with Crippen molar-refractivity contribution in [1.82, 2.24) is 10.6 Å². The summed E-state index contributed by atoms with van der Waals surface area (Å²) in [7, 11) is 0. The van der Waals surface area contributed by atoms with E-state index in [-0.39, 0.29) is 18.0 Å². The molecule has 2 rings (SSSR count). The van der Waals surface area contributed by atoms with Crippen molar-refractivity contribution in [2.75, 3.05) is 0 Å². The number of aliphatic carboxylic acids is 1. The number of nitrogens with one attached hydrogen (secondary N) is 2. The molecule has 0 spiro atoms. The summed E-state index contributed by atoms with van der Waals surface area (Å²) in [5.41, 5.74) is -1.08. The highest BCUT2D eigenvalue weighted by Gasteiger charge is 2.46. The highest BCUT2D eigenvalue weighted by atomic mass is 16.4. The Morgan fingerprint density at radius 3 is 2.32 bits per heavy atom. The van der Waals surface area contributed by atoms with Gasteiger partial charge in [-0.2, -0.15) is 0 Å². The molecule has 2 atom stereocenters. The van der Waals surface area contributed by atoms with Crippen molar-refractivity contribution in [3.05, 3.63) is 0 Å². The van der Waals surface area contributed by atoms with Gasteiger partial charge in [0.2, 0.25) is 0 Å². The van der Waals surface area contributed by atoms with E-state index >= 15 is 0 Å². The second-order valence-electron chi connectivity index (χ2n) is 6.00. The van der Waals surface area contributed by atoms with E-state index in [0.717, 1.165) is 44.9 Å². The summed E-state index contributed by atoms with van der Waals surface area (Å²) in [6.45, 7) is 1.92. The van der Waals surface area contributed by atoms with Crippen LogP contribution in [0.5, 0.6) is 0 Å². The predicted octanol–water partition coefficient (Wildman–Crippen LogP) is 2.26. The normalized spacial score (nSPS) is 31.9. The maximum absolute atomic E-state index is 12.0. The van der Waals surface area contributed by atoms with E-state index in [1.165, 1.54) is 0 Å². The Hall–Kier alpha value is -1.26. The third kappa shape index (κ3) is 3.01. The lowest BCUT2D eigenvalue weighted by Gasteiger charge is -2.39. The molecule has 19 heavy (non-hydrogen) atoms. The fourth-order valence-corrected chi connectivity index (χ4v) is 3.40. The van der Waals surface area contributed by atoms with Crippen LogP contribution < -0.4 is 10.6 Å². The van der Waals surface area contributed by atoms with Crippen LogP contribution in [0, 0.1) is 5.92 Å². The average molecular weight is 268 g/mol. The first-order valence-corrected chi connectivity index (χ1v) is 7.36. The summed E-state index contributed by atoms with van der Waals surface area (Å²) in [5, 5.41) is 15.2. The van der Waals surface area contributed by atoms with Gasteiger partial charge >= 0.3 is 12.0 Å². The van der Waals surface area contributed by atoms with Crippen LogP contribution in [0.1, 0.15) is 58.3 Å². The van der Waals surface area contributed by atoms with Gasteiger partial charge in [-0.15, -0.1) is 0 Å². The average Bonchev–Trinajstić information content (AvgIpc) is 2.84. The number of urea groups is 1. The second kappa shape index (κ2) is 5.80. The molecule has 0 aromatic carbocycles. The molecule has 2 unspecified atom stereocenters. The Morgan fingerprint density at radius 2 is 1.74 bits per heavy atom. The number of carbonyl (C=O) groups is 2. The van der Waals surface area contributed by atoms with Crippen LogP contribution in [0.15, 0.2) is 0 Å². The third-order valence-corrected chi connectivity index (χ3v) is 4.71. The number of carbonyl (C=O) groups excluding carboxylic acids is 1. The molecule has 2 amide bonds. The van der Waals surface area contributed by atoms with Gasteiger partial charge in [0.25, 0.3) is 0 Å². The van der Waals surface area contributed by atoms with E-state index < -0.39 is 11.5 Å². The Labute approximate surface area is 114 Å². The van der Waals surface area contributed by atoms with Crippen LogP contribution in [0.2, 0.25) is 0 Å². The van der Waals surface area contributed by atoms with Crippen LogP contribution >= 0.6 is 0 Å². The van der Waals surface area contributed by atoms with E-state index in [1.807, 2.05) is 6.92 Å². The van der Waals surface area contributed by atoms with Crippen molar-refractivity contribution < 1.29 is 14.7 Å². The van der Waals surface area contributed by atoms with Gasteiger partial charge in [0.1, 0.15) is 5.54 Å². The van der Waals surface area contributed by atoms with E-state index in [4.69, 9.17) is 0 Å². The summed E-state index contributed by atoms with van der Waals surface area (Å²) in [6.07, 6.45) is 7.59. The zero-order chi connectivity index (χ0) is 13.9. The minimum atomic E-state index is -1.08. The largest absolute Gasteiger partial charge is 0.479 e. The summed E-state index contributed by atoms with van der Waals surface area (Å²) < 4.78 is 0. The van der Waals surface area contributed by atoms with Crippen LogP contribution in [-0.4, -0.2) is 28.7 Å². The maximum Gasteiger partial charge on any atom is 0.329 e. The molecule has 0 aliphatic heterocycles. The summed E-state index contributed by atoms with van der Waals surface area (Å²) in [4.78, 5) is 23.7. The lowest BCUT2D eigenvalue weighted by molar-refractivity contribution is -0.148. The van der Waals surface area contributed by atoms with Crippen LogP contribution in [0.25, 0.3) is 0 Å². The van der Waals surface area contributed by atoms with Crippen molar-refractivity contribution in [1.29, 1.82) is 0 Å². The Bertz CT molecular complexity index is 353. The first kappa shape index (κ1) is 14.2. The predicted molar refractivity (Wildman–Crippen MR) is 71.9 cm³/mol. The van der Waals surface area contributed by atoms with Crippen molar-refractivity contribution >= 4 is 12.0 Å². The topological polar surface area (TPSA) is 78.4 Å². The molecule has 0 aromatic rings. The lowest BCUT2D eigenvalue weighted by Crippen LogP contribution is -2.62. The van der Waals surface area contributed by atoms with Crippen LogP contribution in [-0.2, 0) is 4.79 Å². The zero-order valence-corrected chi connectivity index (χ0v) is 11.6. The molecule has 2 fully saturated rings. The summed E-state index contributed by atoms with van der Waals surface area (Å²) in [6, 6.07) is -0.104. The van der Waals surface area contributed by atoms with Gasteiger partial charge in [-0.25, -0.2) is 9.59 Å². The molecular formula is C14H24N2O3. The molecule has 0 saturated heterocycles. The number of carboxylic acid groups (broad SMARTS) is 1. The lowest BCUT2D eigenvalue weighted by atomic mass is 9.73. The smallest absolute Gasteiger partial charge is 0.329 e. The Balaban J connectivity index is 1.99. The summed E-state index contributed by atoms with van der Waals surface area (Å²) in [5.74, 6) is -0.922. The molecule has 3 N–H and O–H groups in total. The Morgan fingerprint density at radius 1 is 1.11 bits per heavy atom. The fourth-order valence-electron chi connectivity index (χ4n) is 3.40. The van der Waals surface area contributed by atoms with Gasteiger partial charge in [0.05, 0.1) is 0 Å². The third-order valence-electron chi connectivity index (χ3n) is 4.71. The second-order valence-corrected chi connectivity index (χ2v) is 6.00. The minimum Gasteiger partial charge on any atom is -0.479 e. The first-order chi connectivity index (χ1) is 9.04. The van der Waals surface area contributed by atoms with Gasteiger partial charge in [0, 0.05) is 6.04 Å². The first-order valence-electron chi connectivity index (χ1n) is 7.36. The molecule has 0 aromatic heterocycles. The highest BCUT2D eigenvalue weighted by Crippen LogP contribution is 2.34. The highest BCUT2D eigenvalue weighted by molar-refractivity contribution is 5.86. The molecule has 2 saturated carbocycles. The zero-order valence-electron chi connectivity index (χ0n) is 11.6. The van der Waals surface area contributed by atoms with Gasteiger partial charge in [-0.05, 0) is 31.6 Å². The molecule has 5 heteroatoms. The monoisotopic (exact) mass is 268 g/mol. The molecule has 0 radical (unpaired) electrons. The molecule has 108 valence electrons. The number of hydrogen-bond acceptors (Lipinski definition) is 2. The van der Waals surface area contributed by atoms with Gasteiger partial charge in [0.15, 0.2) is 0 Å². The molecule has 2 aliphatic carbocycles. The van der Waals surface area contributed by atoms with E-state index in [9.17, 15) is 14.7 Å². The van der Waals surface area contributed by atoms with E-state index in [1.54, 1.807) is 0 Å². The van der Waals surface area contributed by atoms with Crippen molar-refractivity contribution in [2.24, 2.45) is 5.92 Å². The van der Waals surface area contributed by atoms with Crippen molar-refractivity contribution in [3.63, 3.8) is 0 Å². The quantitative estimate of drug-likeness (QED) is 0.734. The fraction of sp³-hybridized carbons (Fsp3) is 0.857. The maximum atomic E-state index is 12.0. The number of rotatable bonds is 3. The van der Waals surface area contributed by atoms with Crippen LogP contribution in [0.3, 0.4) is 0 Å². The number of hydrogen-bond donors (Lipinski definition) is 3. The molecule has 5 nitrogen and oxygen atoms in total. The van der Waals surface area contributed by atoms with Gasteiger partial charge in [-0.1, -0.05) is 32.6 Å². The van der Waals surface area contributed by atoms with Gasteiger partial charge in [-0.3, -0.25) is 0 Å². The van der Waals surface area contributed by atoms with E-state index in [2.05, 4.69) is 10.6 Å². The molecular weight excluding hydrogens is 244 g/mol. The molecule has 0 heterocycles. The summed E-state index contributed by atoms with van der Waals surface area (Å²) >= 11 is 0. The van der Waals surface area contributed by atoms with Gasteiger partial charge < -0.3 is 15.7 Å². The van der Waals surface area contributed by atoms with Crippen molar-refractivity contribution in [2.45, 2.75) is 69.9 Å². The van der Waals surface area contributed by atoms with Crippen molar-refractivity contribution in [3.8, 4) is 0 Å². The van der Waals surface area contributed by atoms with E-state index in [0.29, 0.717) is 6.42 Å². The number of amides is 2. The standard InChI is InChI=1S/C14H24N2O3/c1-10-6-4-5-9-14(10,12(17)18)16-13(19)15-11-7-2-3-8-11/h10-11H,2-9H2,1H3,(H,17,18)(H2,15,16,19). The van der Waals surface area contributed by atoms with Crippen LogP contribution in [0.4, 0.5) is 4.79 Å². The SMILES string of the molecule is CC1CCCCC1(NC(=O)NC1CCCC1)C(=O)O. The molecule has 2 aliphatic rings. The minimum absolute atomic E-state index is 0.0203. The number of carboxylic acids is 1.